The van der Waals surface area contributed by atoms with E-state index in [-0.39, 0.29) is 5.76 Å². The molecule has 0 radical (unpaired) electrons. The number of amides is 1. The van der Waals surface area contributed by atoms with Gasteiger partial charge in [-0.2, -0.15) is 4.99 Å². The second-order valence-electron chi connectivity index (χ2n) is 5.82. The first-order valence-corrected chi connectivity index (χ1v) is 7.94. The van der Waals surface area contributed by atoms with Gasteiger partial charge in [0.1, 0.15) is 6.61 Å². The molecule has 128 valence electrons. The van der Waals surface area contributed by atoms with Gasteiger partial charge in [0.05, 0.1) is 33.0 Å². The van der Waals surface area contributed by atoms with Crippen molar-refractivity contribution in [3.63, 3.8) is 0 Å². The van der Waals surface area contributed by atoms with Crippen LogP contribution < -0.4 is 4.90 Å². The molecule has 1 aromatic rings. The number of furan rings is 1. The summed E-state index contributed by atoms with van der Waals surface area (Å²) in [6, 6.07) is 3.91. The van der Waals surface area contributed by atoms with Gasteiger partial charge in [0.2, 0.25) is 0 Å². The largest absolute Gasteiger partial charge is 0.462 e. The topological polar surface area (TPSA) is 68.7 Å². The highest BCUT2D eigenvalue weighted by Crippen LogP contribution is 2.11. The fraction of sp³-hybridized carbons (Fsp3) is 0.625. The van der Waals surface area contributed by atoms with E-state index in [0.29, 0.717) is 25.3 Å². The number of quaternary nitrogens is 1. The first-order valence-electron chi connectivity index (χ1n) is 7.94. The number of carbonyl (C=O) groups is 1. The average Bonchev–Trinajstić information content (AvgIpc) is 3.08. The summed E-state index contributed by atoms with van der Waals surface area (Å²) in [5, 5.41) is 0. The van der Waals surface area contributed by atoms with Crippen LogP contribution >= 0.6 is 0 Å². The Morgan fingerprint density at radius 2 is 2.17 bits per heavy atom. The molecule has 0 aliphatic carbocycles. The lowest BCUT2D eigenvalue weighted by atomic mass is 10.0. The lowest BCUT2D eigenvalue weighted by Gasteiger charge is -2.34. The second-order valence-corrected chi connectivity index (χ2v) is 5.82. The zero-order chi connectivity index (χ0) is 16.7. The SMILES string of the molecule is COCCOC(=NC(=O)c1ccco1)N(C)C1CC[NH+](C)CC1. The Labute approximate surface area is 136 Å². The van der Waals surface area contributed by atoms with Crippen molar-refractivity contribution in [3.05, 3.63) is 24.2 Å². The van der Waals surface area contributed by atoms with Crippen molar-refractivity contribution in [1.82, 2.24) is 4.90 Å². The Morgan fingerprint density at radius 1 is 1.43 bits per heavy atom. The number of ether oxygens (including phenoxy) is 2. The molecule has 1 aliphatic rings. The maximum Gasteiger partial charge on any atom is 0.317 e. The normalized spacial score (nSPS) is 22.0. The highest BCUT2D eigenvalue weighted by Gasteiger charge is 2.26. The van der Waals surface area contributed by atoms with E-state index in [1.54, 1.807) is 19.2 Å². The summed E-state index contributed by atoms with van der Waals surface area (Å²) in [4.78, 5) is 19.8. The molecule has 7 nitrogen and oxygen atoms in total. The molecule has 1 fully saturated rings. The predicted octanol–water partition coefficient (Wildman–Crippen LogP) is 0.0477. The highest BCUT2D eigenvalue weighted by atomic mass is 16.5. The number of nitrogens with zero attached hydrogens (tertiary/aromatic N) is 2. The van der Waals surface area contributed by atoms with E-state index in [1.165, 1.54) is 11.2 Å². The van der Waals surface area contributed by atoms with Crippen LogP contribution in [0.15, 0.2) is 27.8 Å². The summed E-state index contributed by atoms with van der Waals surface area (Å²) in [7, 11) is 5.73. The van der Waals surface area contributed by atoms with Crippen LogP contribution in [-0.4, -0.2) is 70.4 Å². The number of piperidine rings is 1. The molecule has 23 heavy (non-hydrogen) atoms. The summed E-state index contributed by atoms with van der Waals surface area (Å²) in [6.45, 7) is 3.00. The third kappa shape index (κ3) is 5.07. The number of aliphatic imine (C=N–C) groups is 1. The van der Waals surface area contributed by atoms with E-state index in [0.717, 1.165) is 25.9 Å². The summed E-state index contributed by atoms with van der Waals surface area (Å²) in [5.41, 5.74) is 0. The molecule has 0 unspecified atom stereocenters. The fourth-order valence-corrected chi connectivity index (χ4v) is 2.61. The maximum absolute atomic E-state index is 12.2. The van der Waals surface area contributed by atoms with Crippen molar-refractivity contribution in [2.24, 2.45) is 4.99 Å². The number of methoxy groups -OCH3 is 1. The van der Waals surface area contributed by atoms with Crippen molar-refractivity contribution in [2.45, 2.75) is 18.9 Å². The molecule has 0 bridgehead atoms. The number of rotatable bonds is 5. The molecular formula is C16H26N3O4+. The molecule has 1 N–H and O–H groups in total. The maximum atomic E-state index is 12.2. The van der Waals surface area contributed by atoms with Gasteiger partial charge < -0.3 is 23.7 Å². The summed E-state index contributed by atoms with van der Waals surface area (Å²) < 4.78 is 15.8. The van der Waals surface area contributed by atoms with Crippen molar-refractivity contribution < 1.29 is 23.6 Å². The van der Waals surface area contributed by atoms with E-state index in [4.69, 9.17) is 13.9 Å². The van der Waals surface area contributed by atoms with Crippen LogP contribution in [0.2, 0.25) is 0 Å². The number of amidine groups is 1. The Morgan fingerprint density at radius 3 is 2.78 bits per heavy atom. The summed E-state index contributed by atoms with van der Waals surface area (Å²) in [6.07, 6.45) is 3.55. The van der Waals surface area contributed by atoms with Gasteiger partial charge in [-0.25, -0.2) is 0 Å². The van der Waals surface area contributed by atoms with Crippen LogP contribution in [0.5, 0.6) is 0 Å². The highest BCUT2D eigenvalue weighted by molar-refractivity contribution is 5.99. The zero-order valence-electron chi connectivity index (χ0n) is 14.1. The van der Waals surface area contributed by atoms with E-state index in [1.807, 2.05) is 11.9 Å². The number of hydrogen-bond donors (Lipinski definition) is 1. The Balaban J connectivity index is 2.07. The van der Waals surface area contributed by atoms with E-state index in [9.17, 15) is 4.79 Å². The second kappa shape index (κ2) is 8.69. The van der Waals surface area contributed by atoms with Crippen LogP contribution in [0.25, 0.3) is 0 Å². The number of likely N-dealkylation sites (tertiary alicyclic amines) is 1. The minimum Gasteiger partial charge on any atom is -0.462 e. The fourth-order valence-electron chi connectivity index (χ4n) is 2.61. The quantitative estimate of drug-likeness (QED) is 0.471. The Kier molecular flexibility index (Phi) is 6.61. The molecule has 7 heteroatoms. The van der Waals surface area contributed by atoms with Gasteiger partial charge in [0, 0.05) is 33.0 Å². The molecule has 1 aromatic heterocycles. The lowest BCUT2D eigenvalue weighted by Crippen LogP contribution is -3.10. The molecule has 0 atom stereocenters. The van der Waals surface area contributed by atoms with Gasteiger partial charge in [-0.05, 0) is 12.1 Å². The first-order chi connectivity index (χ1) is 11.1. The van der Waals surface area contributed by atoms with Crippen molar-refractivity contribution in [2.75, 3.05) is 47.5 Å². The monoisotopic (exact) mass is 324 g/mol. The molecule has 1 amide bonds. The molecule has 0 spiro atoms. The summed E-state index contributed by atoms with van der Waals surface area (Å²) in [5.74, 6) is -0.230. The van der Waals surface area contributed by atoms with Crippen molar-refractivity contribution in [1.29, 1.82) is 0 Å². The molecule has 1 saturated heterocycles. The average molecular weight is 324 g/mol. The van der Waals surface area contributed by atoms with Gasteiger partial charge >= 0.3 is 5.91 Å². The molecule has 2 rings (SSSR count). The predicted molar refractivity (Wildman–Crippen MR) is 85.7 cm³/mol. The number of carbonyl (C=O) groups excluding carboxylic acids is 1. The molecular weight excluding hydrogens is 298 g/mol. The molecule has 0 saturated carbocycles. The number of nitrogens with one attached hydrogen (secondary N) is 1. The van der Waals surface area contributed by atoms with E-state index in [2.05, 4.69) is 12.0 Å². The van der Waals surface area contributed by atoms with Gasteiger partial charge in [-0.15, -0.1) is 0 Å². The van der Waals surface area contributed by atoms with Crippen LogP contribution in [0, 0.1) is 0 Å². The minimum absolute atomic E-state index is 0.207. The van der Waals surface area contributed by atoms with Crippen LogP contribution in [-0.2, 0) is 9.47 Å². The number of hydrogen-bond acceptors (Lipinski definition) is 4. The van der Waals surface area contributed by atoms with Crippen LogP contribution in [0.3, 0.4) is 0 Å². The third-order valence-corrected chi connectivity index (χ3v) is 4.11. The molecule has 1 aliphatic heterocycles. The third-order valence-electron chi connectivity index (χ3n) is 4.11. The summed E-state index contributed by atoms with van der Waals surface area (Å²) >= 11 is 0. The minimum atomic E-state index is -0.437. The van der Waals surface area contributed by atoms with E-state index < -0.39 is 5.91 Å². The Hall–Kier alpha value is -1.86. The van der Waals surface area contributed by atoms with Gasteiger partial charge in [0.15, 0.2) is 5.76 Å². The first kappa shape index (κ1) is 17.5. The lowest BCUT2D eigenvalue weighted by molar-refractivity contribution is -0.885. The van der Waals surface area contributed by atoms with Crippen LogP contribution in [0.1, 0.15) is 23.4 Å². The van der Waals surface area contributed by atoms with Crippen molar-refractivity contribution >= 4 is 11.9 Å². The zero-order valence-corrected chi connectivity index (χ0v) is 14.1. The molecule has 2 heterocycles. The van der Waals surface area contributed by atoms with Gasteiger partial charge in [0.25, 0.3) is 6.02 Å². The smallest absolute Gasteiger partial charge is 0.317 e. The van der Waals surface area contributed by atoms with Crippen molar-refractivity contribution in [3.8, 4) is 0 Å². The standard InChI is InChI=1S/C16H25N3O4/c1-18-8-6-13(7-9-18)19(2)16(23-12-11-21-3)17-15(20)14-5-4-10-22-14/h4-5,10,13H,6-9,11-12H2,1-3H3/p+1. The molecule has 0 aromatic carbocycles. The van der Waals surface area contributed by atoms with E-state index >= 15 is 0 Å². The van der Waals surface area contributed by atoms with Gasteiger partial charge in [-0.3, -0.25) is 4.79 Å². The van der Waals surface area contributed by atoms with Crippen LogP contribution in [0.4, 0.5) is 0 Å². The Bertz CT molecular complexity index is 507. The van der Waals surface area contributed by atoms with Gasteiger partial charge in [-0.1, -0.05) is 0 Å².